The fourth-order valence-corrected chi connectivity index (χ4v) is 2.90. The molecule has 0 aliphatic rings. The molecule has 2 rings (SSSR count). The first-order chi connectivity index (χ1) is 9.40. The van der Waals surface area contributed by atoms with Crippen LogP contribution in [0, 0.1) is 25.5 Å². The predicted octanol–water partition coefficient (Wildman–Crippen LogP) is 3.53. The van der Waals surface area contributed by atoms with Gasteiger partial charge in [-0.25, -0.2) is 13.8 Å². The van der Waals surface area contributed by atoms with Crippen molar-refractivity contribution in [3.63, 3.8) is 0 Å². The average molecular weight is 296 g/mol. The summed E-state index contributed by atoms with van der Waals surface area (Å²) in [4.78, 5) is 17.2. The molecular formula is C14H14F2N2OS. The molecule has 1 aromatic carbocycles. The smallest absolute Gasteiger partial charge is 0.254 e. The predicted molar refractivity (Wildman–Crippen MR) is 73.8 cm³/mol. The fourth-order valence-electron chi connectivity index (χ4n) is 1.97. The lowest BCUT2D eigenvalue weighted by atomic mass is 10.1. The number of benzene rings is 1. The van der Waals surface area contributed by atoms with Gasteiger partial charge in [-0.05, 0) is 32.9 Å². The van der Waals surface area contributed by atoms with Crippen LogP contribution >= 0.6 is 11.3 Å². The standard InChI is InChI=1S/C14H14F2N2OS/c1-7-13(20-9(3)17-7)8(2)18-14(19)10-5-4-6-11(15)12(10)16/h4-6,8H,1-3H3,(H,18,19). The highest BCUT2D eigenvalue weighted by molar-refractivity contribution is 7.11. The van der Waals surface area contributed by atoms with Gasteiger partial charge in [0.15, 0.2) is 11.6 Å². The van der Waals surface area contributed by atoms with Crippen LogP contribution in [0.5, 0.6) is 0 Å². The van der Waals surface area contributed by atoms with Gasteiger partial charge in [0.2, 0.25) is 0 Å². The van der Waals surface area contributed by atoms with Crippen LogP contribution in [-0.4, -0.2) is 10.9 Å². The van der Waals surface area contributed by atoms with E-state index in [4.69, 9.17) is 0 Å². The Morgan fingerprint density at radius 1 is 1.35 bits per heavy atom. The van der Waals surface area contributed by atoms with Crippen LogP contribution in [0.1, 0.15) is 38.9 Å². The van der Waals surface area contributed by atoms with Crippen molar-refractivity contribution in [3.8, 4) is 0 Å². The molecule has 6 heteroatoms. The molecule has 1 atom stereocenters. The van der Waals surface area contributed by atoms with Gasteiger partial charge in [0.05, 0.1) is 22.3 Å². The molecule has 0 saturated heterocycles. The molecule has 3 nitrogen and oxygen atoms in total. The molecule has 0 spiro atoms. The summed E-state index contributed by atoms with van der Waals surface area (Å²) in [6, 6.07) is 3.23. The lowest BCUT2D eigenvalue weighted by Gasteiger charge is -2.13. The monoisotopic (exact) mass is 296 g/mol. The number of amides is 1. The zero-order valence-electron chi connectivity index (χ0n) is 11.3. The normalized spacial score (nSPS) is 12.2. The van der Waals surface area contributed by atoms with Gasteiger partial charge >= 0.3 is 0 Å². The maximum Gasteiger partial charge on any atom is 0.254 e. The van der Waals surface area contributed by atoms with Crippen molar-refractivity contribution in [2.45, 2.75) is 26.8 Å². The van der Waals surface area contributed by atoms with Gasteiger partial charge in [0.25, 0.3) is 5.91 Å². The molecule has 1 N–H and O–H groups in total. The van der Waals surface area contributed by atoms with Crippen molar-refractivity contribution >= 4 is 17.2 Å². The zero-order valence-corrected chi connectivity index (χ0v) is 12.1. The molecule has 106 valence electrons. The van der Waals surface area contributed by atoms with Crippen molar-refractivity contribution in [1.82, 2.24) is 10.3 Å². The SMILES string of the molecule is Cc1nc(C)c(C(C)NC(=O)c2cccc(F)c2F)s1. The molecule has 0 radical (unpaired) electrons. The number of aryl methyl sites for hydroxylation is 2. The summed E-state index contributed by atoms with van der Waals surface area (Å²) in [5.41, 5.74) is 0.538. The van der Waals surface area contributed by atoms with Crippen LogP contribution in [0.4, 0.5) is 8.78 Å². The van der Waals surface area contributed by atoms with Gasteiger partial charge in [-0.3, -0.25) is 4.79 Å². The number of nitrogens with one attached hydrogen (secondary N) is 1. The highest BCUT2D eigenvalue weighted by Gasteiger charge is 2.19. The summed E-state index contributed by atoms with van der Waals surface area (Å²) in [6.07, 6.45) is 0. The molecule has 0 saturated carbocycles. The van der Waals surface area contributed by atoms with Gasteiger partial charge in [-0.15, -0.1) is 11.3 Å². The lowest BCUT2D eigenvalue weighted by molar-refractivity contribution is 0.0935. The minimum atomic E-state index is -1.13. The Morgan fingerprint density at radius 3 is 2.65 bits per heavy atom. The molecule has 0 aliphatic heterocycles. The highest BCUT2D eigenvalue weighted by atomic mass is 32.1. The first-order valence-corrected chi connectivity index (χ1v) is 6.90. The summed E-state index contributed by atoms with van der Waals surface area (Å²) in [7, 11) is 0. The highest BCUT2D eigenvalue weighted by Crippen LogP contribution is 2.24. The number of aromatic nitrogens is 1. The Kier molecular flexibility index (Phi) is 4.13. The van der Waals surface area contributed by atoms with Crippen molar-refractivity contribution in [2.24, 2.45) is 0 Å². The van der Waals surface area contributed by atoms with Crippen molar-refractivity contribution in [2.75, 3.05) is 0 Å². The number of halogens is 2. The molecule has 1 heterocycles. The number of thiazole rings is 1. The van der Waals surface area contributed by atoms with E-state index >= 15 is 0 Å². The van der Waals surface area contributed by atoms with Gasteiger partial charge in [-0.1, -0.05) is 6.07 Å². The Bertz CT molecular complexity index is 655. The average Bonchev–Trinajstić information content (AvgIpc) is 2.71. The molecule has 1 aromatic heterocycles. The second-order valence-electron chi connectivity index (χ2n) is 4.48. The molecule has 0 bridgehead atoms. The van der Waals surface area contributed by atoms with E-state index in [1.165, 1.54) is 23.5 Å². The minimum absolute atomic E-state index is 0.296. The van der Waals surface area contributed by atoms with Crippen LogP contribution in [-0.2, 0) is 0 Å². The summed E-state index contributed by atoms with van der Waals surface area (Å²) in [5, 5.41) is 3.56. The zero-order chi connectivity index (χ0) is 14.9. The molecule has 1 amide bonds. The lowest BCUT2D eigenvalue weighted by Crippen LogP contribution is -2.27. The van der Waals surface area contributed by atoms with Gasteiger partial charge in [0, 0.05) is 4.88 Å². The Hall–Kier alpha value is -1.82. The number of hydrogen-bond acceptors (Lipinski definition) is 3. The quantitative estimate of drug-likeness (QED) is 0.941. The molecule has 2 aromatic rings. The maximum atomic E-state index is 13.5. The second kappa shape index (κ2) is 5.66. The van der Waals surface area contributed by atoms with E-state index in [0.29, 0.717) is 0 Å². The number of nitrogens with zero attached hydrogens (tertiary/aromatic N) is 1. The number of hydrogen-bond donors (Lipinski definition) is 1. The Balaban J connectivity index is 2.19. The van der Waals surface area contributed by atoms with Crippen LogP contribution in [0.25, 0.3) is 0 Å². The van der Waals surface area contributed by atoms with E-state index in [1.807, 2.05) is 13.8 Å². The topological polar surface area (TPSA) is 42.0 Å². The fraction of sp³-hybridized carbons (Fsp3) is 0.286. The van der Waals surface area contributed by atoms with Crippen molar-refractivity contribution in [3.05, 3.63) is 51.0 Å². The van der Waals surface area contributed by atoms with E-state index in [1.54, 1.807) is 6.92 Å². The van der Waals surface area contributed by atoms with E-state index in [9.17, 15) is 13.6 Å². The molecule has 0 aliphatic carbocycles. The van der Waals surface area contributed by atoms with Crippen molar-refractivity contribution in [1.29, 1.82) is 0 Å². The summed E-state index contributed by atoms with van der Waals surface area (Å²) >= 11 is 1.47. The maximum absolute atomic E-state index is 13.5. The molecule has 1 unspecified atom stereocenters. The van der Waals surface area contributed by atoms with Gasteiger partial charge in [-0.2, -0.15) is 0 Å². The molecule has 0 fully saturated rings. The summed E-state index contributed by atoms with van der Waals surface area (Å²) in [5.74, 6) is -2.80. The third-order valence-electron chi connectivity index (χ3n) is 2.88. The summed E-state index contributed by atoms with van der Waals surface area (Å²) < 4.78 is 26.6. The Labute approximate surface area is 119 Å². The first kappa shape index (κ1) is 14.6. The van der Waals surface area contributed by atoms with E-state index in [0.717, 1.165) is 21.6 Å². The molecule has 20 heavy (non-hydrogen) atoms. The third kappa shape index (κ3) is 2.85. The van der Waals surface area contributed by atoms with Crippen LogP contribution < -0.4 is 5.32 Å². The van der Waals surface area contributed by atoms with E-state index in [-0.39, 0.29) is 11.6 Å². The largest absolute Gasteiger partial charge is 0.345 e. The first-order valence-electron chi connectivity index (χ1n) is 6.09. The van der Waals surface area contributed by atoms with Crippen LogP contribution in [0.3, 0.4) is 0 Å². The number of carbonyl (C=O) groups excluding carboxylic acids is 1. The Morgan fingerprint density at radius 2 is 2.05 bits per heavy atom. The minimum Gasteiger partial charge on any atom is -0.345 e. The third-order valence-corrected chi connectivity index (χ3v) is 4.13. The number of carbonyl (C=O) groups is 1. The van der Waals surface area contributed by atoms with E-state index in [2.05, 4.69) is 10.3 Å². The van der Waals surface area contributed by atoms with E-state index < -0.39 is 17.5 Å². The van der Waals surface area contributed by atoms with Crippen molar-refractivity contribution < 1.29 is 13.6 Å². The second-order valence-corrected chi connectivity index (χ2v) is 5.71. The van der Waals surface area contributed by atoms with Crippen LogP contribution in [0.2, 0.25) is 0 Å². The molecular weight excluding hydrogens is 282 g/mol. The van der Waals surface area contributed by atoms with Gasteiger partial charge in [0.1, 0.15) is 0 Å². The van der Waals surface area contributed by atoms with Crippen LogP contribution in [0.15, 0.2) is 18.2 Å². The van der Waals surface area contributed by atoms with Gasteiger partial charge < -0.3 is 5.32 Å². The number of rotatable bonds is 3. The summed E-state index contributed by atoms with van der Waals surface area (Å²) in [6.45, 7) is 5.52.